The number of thioether (sulfide) groups is 1. The summed E-state index contributed by atoms with van der Waals surface area (Å²) in [6.07, 6.45) is 3.43. The van der Waals surface area contributed by atoms with E-state index in [1.54, 1.807) is 11.8 Å². The van der Waals surface area contributed by atoms with Crippen LogP contribution in [0.3, 0.4) is 0 Å². The van der Waals surface area contributed by atoms with Crippen LogP contribution >= 0.6 is 11.8 Å². The minimum Gasteiger partial charge on any atom is -0.464 e. The van der Waals surface area contributed by atoms with Crippen LogP contribution in [0.5, 0.6) is 0 Å². The summed E-state index contributed by atoms with van der Waals surface area (Å²) >= 11 is 1.63. The first-order valence-electron chi connectivity index (χ1n) is 9.40. The van der Waals surface area contributed by atoms with Crippen LogP contribution in [-0.2, 0) is 17.1 Å². The summed E-state index contributed by atoms with van der Waals surface area (Å²) in [5, 5.41) is 3.97. The number of aromatic nitrogens is 1. The molecule has 1 amide bonds. The highest BCUT2D eigenvalue weighted by atomic mass is 32.2. The minimum atomic E-state index is 0.196. The molecule has 140 valence electrons. The summed E-state index contributed by atoms with van der Waals surface area (Å²) in [5.74, 6) is 5.60. The minimum absolute atomic E-state index is 0.196. The monoisotopic (exact) mass is 374 g/mol. The molecule has 0 aromatic carbocycles. The van der Waals surface area contributed by atoms with Gasteiger partial charge in [-0.25, -0.2) is 0 Å². The Balaban J connectivity index is 1.32. The highest BCUT2D eigenvalue weighted by Gasteiger charge is 2.37. The van der Waals surface area contributed by atoms with Gasteiger partial charge in [0.2, 0.25) is 5.91 Å². The van der Waals surface area contributed by atoms with Crippen LogP contribution in [0.4, 0.5) is 0 Å². The summed E-state index contributed by atoms with van der Waals surface area (Å²) in [6, 6.07) is 4.52. The third kappa shape index (κ3) is 3.85. The van der Waals surface area contributed by atoms with E-state index in [-0.39, 0.29) is 5.91 Å². The number of hydrogen-bond donors (Lipinski definition) is 0. The van der Waals surface area contributed by atoms with E-state index < -0.39 is 0 Å². The number of carbonyl (C=O) groups excluding carboxylic acids is 1. The zero-order chi connectivity index (χ0) is 18.3. The molecule has 2 aliphatic rings. The number of hydrogen-bond acceptors (Lipinski definition) is 5. The van der Waals surface area contributed by atoms with Crippen LogP contribution in [-0.4, -0.2) is 27.8 Å². The number of furan rings is 1. The standard InChI is InChI=1S/C20H26N2O3S/c1-12-8-17(12)19-7-6-16(24-19)9-22(15-4-5-15)20(23)11-26-10-18-13(2)21-25-14(18)3/h6-7,12,15,17H,4-5,8-11H2,1-3H3. The van der Waals surface area contributed by atoms with Gasteiger partial charge >= 0.3 is 0 Å². The van der Waals surface area contributed by atoms with Gasteiger partial charge < -0.3 is 13.8 Å². The van der Waals surface area contributed by atoms with E-state index in [2.05, 4.69) is 18.1 Å². The third-order valence-corrected chi connectivity index (χ3v) is 6.39. The lowest BCUT2D eigenvalue weighted by Crippen LogP contribution is -2.33. The molecule has 2 aliphatic carbocycles. The van der Waals surface area contributed by atoms with Gasteiger partial charge in [-0.05, 0) is 51.2 Å². The first kappa shape index (κ1) is 17.7. The first-order valence-corrected chi connectivity index (χ1v) is 10.6. The first-order chi connectivity index (χ1) is 12.5. The predicted octanol–water partition coefficient (Wildman–Crippen LogP) is 4.43. The summed E-state index contributed by atoms with van der Waals surface area (Å²) in [4.78, 5) is 14.8. The topological polar surface area (TPSA) is 59.5 Å². The number of carbonyl (C=O) groups is 1. The van der Waals surface area contributed by atoms with Crippen molar-refractivity contribution in [1.82, 2.24) is 10.1 Å². The number of aryl methyl sites for hydroxylation is 2. The molecule has 2 aromatic rings. The number of rotatable bonds is 8. The second-order valence-electron chi connectivity index (χ2n) is 7.67. The van der Waals surface area contributed by atoms with Gasteiger partial charge in [0.15, 0.2) is 0 Å². The van der Waals surface area contributed by atoms with Gasteiger partial charge in [0, 0.05) is 23.3 Å². The van der Waals surface area contributed by atoms with Crippen LogP contribution in [0.2, 0.25) is 0 Å². The summed E-state index contributed by atoms with van der Waals surface area (Å²) in [6.45, 7) is 6.71. The average Bonchev–Trinajstić information content (AvgIpc) is 3.51. The van der Waals surface area contributed by atoms with Crippen LogP contribution in [0, 0.1) is 19.8 Å². The van der Waals surface area contributed by atoms with Crippen LogP contribution < -0.4 is 0 Å². The van der Waals surface area contributed by atoms with Gasteiger partial charge in [0.05, 0.1) is 18.0 Å². The normalized spacial score (nSPS) is 21.8. The molecule has 4 rings (SSSR count). The maximum Gasteiger partial charge on any atom is 0.233 e. The molecule has 2 unspecified atom stereocenters. The fourth-order valence-electron chi connectivity index (χ4n) is 3.40. The lowest BCUT2D eigenvalue weighted by atomic mass is 10.2. The van der Waals surface area contributed by atoms with E-state index in [4.69, 9.17) is 8.94 Å². The Morgan fingerprint density at radius 1 is 1.35 bits per heavy atom. The molecule has 2 saturated carbocycles. The van der Waals surface area contributed by atoms with E-state index in [1.165, 1.54) is 6.42 Å². The molecule has 2 atom stereocenters. The molecule has 6 heteroatoms. The van der Waals surface area contributed by atoms with E-state index in [1.807, 2.05) is 24.8 Å². The van der Waals surface area contributed by atoms with Crippen molar-refractivity contribution in [2.75, 3.05) is 5.75 Å². The quantitative estimate of drug-likeness (QED) is 0.684. The molecule has 26 heavy (non-hydrogen) atoms. The Morgan fingerprint density at radius 2 is 2.12 bits per heavy atom. The van der Waals surface area contributed by atoms with Crippen LogP contribution in [0.25, 0.3) is 0 Å². The fourth-order valence-corrected chi connectivity index (χ4v) is 4.46. The van der Waals surface area contributed by atoms with Crippen molar-refractivity contribution >= 4 is 17.7 Å². The predicted molar refractivity (Wildman–Crippen MR) is 101 cm³/mol. The molecule has 5 nitrogen and oxygen atoms in total. The largest absolute Gasteiger partial charge is 0.464 e. The number of nitrogens with zero attached hydrogens (tertiary/aromatic N) is 2. The van der Waals surface area contributed by atoms with Gasteiger partial charge in [0.25, 0.3) is 0 Å². The highest BCUT2D eigenvalue weighted by Crippen LogP contribution is 2.47. The molecule has 0 N–H and O–H groups in total. The van der Waals surface area contributed by atoms with Crippen molar-refractivity contribution in [2.45, 2.75) is 64.3 Å². The van der Waals surface area contributed by atoms with Crippen molar-refractivity contribution in [3.63, 3.8) is 0 Å². The average molecular weight is 375 g/mol. The molecule has 0 spiro atoms. The molecular formula is C20H26N2O3S. The molecule has 0 aliphatic heterocycles. The van der Waals surface area contributed by atoms with Crippen molar-refractivity contribution in [3.8, 4) is 0 Å². The van der Waals surface area contributed by atoms with E-state index >= 15 is 0 Å². The molecule has 2 heterocycles. The maximum absolute atomic E-state index is 12.8. The Labute approximate surface area is 158 Å². The lowest BCUT2D eigenvalue weighted by Gasteiger charge is -2.21. The van der Waals surface area contributed by atoms with Gasteiger partial charge in [-0.3, -0.25) is 4.79 Å². The number of amides is 1. The highest BCUT2D eigenvalue weighted by molar-refractivity contribution is 7.99. The van der Waals surface area contributed by atoms with Gasteiger partial charge in [-0.2, -0.15) is 0 Å². The van der Waals surface area contributed by atoms with Crippen LogP contribution in [0.15, 0.2) is 21.1 Å². The Kier molecular flexibility index (Phi) is 4.86. The Hall–Kier alpha value is -1.69. The van der Waals surface area contributed by atoms with E-state index in [0.29, 0.717) is 24.3 Å². The smallest absolute Gasteiger partial charge is 0.233 e. The Morgan fingerprint density at radius 3 is 2.73 bits per heavy atom. The molecule has 0 bridgehead atoms. The summed E-state index contributed by atoms with van der Waals surface area (Å²) in [5.41, 5.74) is 2.02. The lowest BCUT2D eigenvalue weighted by molar-refractivity contribution is -0.129. The van der Waals surface area contributed by atoms with Crippen molar-refractivity contribution < 1.29 is 13.7 Å². The molecular weight excluding hydrogens is 348 g/mol. The van der Waals surface area contributed by atoms with Crippen molar-refractivity contribution in [2.24, 2.45) is 5.92 Å². The summed E-state index contributed by atoms with van der Waals surface area (Å²) < 4.78 is 11.2. The van der Waals surface area contributed by atoms with Crippen molar-refractivity contribution in [3.05, 3.63) is 40.7 Å². The second-order valence-corrected chi connectivity index (χ2v) is 8.66. The summed E-state index contributed by atoms with van der Waals surface area (Å²) in [7, 11) is 0. The molecule has 0 radical (unpaired) electrons. The van der Waals surface area contributed by atoms with Gasteiger partial charge in [-0.1, -0.05) is 12.1 Å². The molecule has 2 fully saturated rings. The SMILES string of the molecule is Cc1noc(C)c1CSCC(=O)N(Cc1ccc(C2CC2C)o1)C1CC1. The third-order valence-electron chi connectivity index (χ3n) is 5.44. The fraction of sp³-hybridized carbons (Fsp3) is 0.600. The van der Waals surface area contributed by atoms with Gasteiger partial charge in [-0.15, -0.1) is 11.8 Å². The van der Waals surface area contributed by atoms with E-state index in [9.17, 15) is 4.79 Å². The molecule has 0 saturated heterocycles. The van der Waals surface area contributed by atoms with E-state index in [0.717, 1.165) is 53.1 Å². The van der Waals surface area contributed by atoms with Gasteiger partial charge in [0.1, 0.15) is 17.3 Å². The van der Waals surface area contributed by atoms with Crippen LogP contribution in [0.1, 0.15) is 60.6 Å². The van der Waals surface area contributed by atoms with Crippen molar-refractivity contribution in [1.29, 1.82) is 0 Å². The Bertz CT molecular complexity index is 773. The maximum atomic E-state index is 12.8. The zero-order valence-corrected chi connectivity index (χ0v) is 16.5. The zero-order valence-electron chi connectivity index (χ0n) is 15.7. The second kappa shape index (κ2) is 7.14. The molecule has 2 aromatic heterocycles.